The second-order valence-electron chi connectivity index (χ2n) is 8.15. The van der Waals surface area contributed by atoms with Crippen LogP contribution in [-0.4, -0.2) is 40.1 Å². The first kappa shape index (κ1) is 18.7. The number of hydrogen-bond acceptors (Lipinski definition) is 3. The number of amides is 1. The molecule has 1 atom stereocenters. The molecule has 0 bridgehead atoms. The lowest BCUT2D eigenvalue weighted by Gasteiger charge is -2.32. The van der Waals surface area contributed by atoms with Crippen molar-refractivity contribution >= 4 is 33.8 Å². The molecule has 6 nitrogen and oxygen atoms in total. The van der Waals surface area contributed by atoms with E-state index in [-0.39, 0.29) is 11.8 Å². The van der Waals surface area contributed by atoms with Gasteiger partial charge in [-0.25, -0.2) is 4.98 Å². The van der Waals surface area contributed by atoms with Gasteiger partial charge in [-0.05, 0) is 43.0 Å². The Kier molecular flexibility index (Phi) is 4.91. The number of carbonyl (C=O) groups excluding carboxylic acids is 1. The molecule has 4 aromatic rings. The minimum atomic E-state index is 0.00142. The molecule has 30 heavy (non-hydrogen) atoms. The number of carbonyl (C=O) groups is 1. The third kappa shape index (κ3) is 3.43. The van der Waals surface area contributed by atoms with E-state index in [0.29, 0.717) is 6.54 Å². The lowest BCUT2D eigenvalue weighted by atomic mass is 9.97. The number of imidazole rings is 1. The van der Waals surface area contributed by atoms with Crippen molar-refractivity contribution in [3.63, 3.8) is 0 Å². The highest BCUT2D eigenvalue weighted by atomic mass is 16.1. The van der Waals surface area contributed by atoms with E-state index in [2.05, 4.69) is 51.1 Å². The van der Waals surface area contributed by atoms with Crippen LogP contribution in [0.3, 0.4) is 0 Å². The smallest absolute Gasteiger partial charge is 0.224 e. The van der Waals surface area contributed by atoms with E-state index >= 15 is 0 Å². The minimum absolute atomic E-state index is 0.00142. The molecule has 0 aliphatic carbocycles. The molecule has 6 heteroatoms. The van der Waals surface area contributed by atoms with Gasteiger partial charge in [-0.15, -0.1) is 0 Å². The van der Waals surface area contributed by atoms with Gasteiger partial charge >= 0.3 is 0 Å². The summed E-state index contributed by atoms with van der Waals surface area (Å²) in [5.74, 6) is 1.10. The predicted octanol–water partition coefficient (Wildman–Crippen LogP) is 3.63. The van der Waals surface area contributed by atoms with E-state index < -0.39 is 0 Å². The highest BCUT2D eigenvalue weighted by Crippen LogP contribution is 2.26. The molecule has 2 N–H and O–H groups in total. The van der Waals surface area contributed by atoms with Crippen molar-refractivity contribution in [3.05, 3.63) is 60.3 Å². The van der Waals surface area contributed by atoms with Gasteiger partial charge in [-0.1, -0.05) is 30.3 Å². The molecule has 1 fully saturated rings. The van der Waals surface area contributed by atoms with Gasteiger partial charge in [0.1, 0.15) is 0 Å². The van der Waals surface area contributed by atoms with Gasteiger partial charge < -0.3 is 19.8 Å². The number of nitrogens with zero attached hydrogens (tertiary/aromatic N) is 3. The molecule has 2 aromatic heterocycles. The third-order valence-corrected chi connectivity index (χ3v) is 6.21. The number of nitrogens with one attached hydrogen (secondary N) is 2. The molecular weight excluding hydrogens is 374 g/mol. The second kappa shape index (κ2) is 7.86. The van der Waals surface area contributed by atoms with E-state index in [0.717, 1.165) is 54.9 Å². The molecule has 0 saturated carbocycles. The minimum Gasteiger partial charge on any atom is -0.361 e. The van der Waals surface area contributed by atoms with Crippen LogP contribution in [0.5, 0.6) is 0 Å². The fourth-order valence-corrected chi connectivity index (χ4v) is 4.59. The molecule has 2 aromatic carbocycles. The van der Waals surface area contributed by atoms with Crippen LogP contribution < -0.4 is 10.2 Å². The Morgan fingerprint density at radius 1 is 1.20 bits per heavy atom. The van der Waals surface area contributed by atoms with Crippen molar-refractivity contribution < 1.29 is 4.79 Å². The zero-order valence-electron chi connectivity index (χ0n) is 17.3. The number of H-pyrrole nitrogens is 1. The summed E-state index contributed by atoms with van der Waals surface area (Å²) in [6, 6.07) is 16.5. The maximum absolute atomic E-state index is 12.9. The fraction of sp³-hybridized carbons (Fsp3) is 0.333. The monoisotopic (exact) mass is 401 g/mol. The molecule has 154 valence electrons. The van der Waals surface area contributed by atoms with Crippen LogP contribution in [0.4, 0.5) is 5.95 Å². The summed E-state index contributed by atoms with van der Waals surface area (Å²) < 4.78 is 2.13. The maximum atomic E-state index is 12.9. The molecule has 5 rings (SSSR count). The van der Waals surface area contributed by atoms with Crippen LogP contribution in [0.15, 0.2) is 54.7 Å². The van der Waals surface area contributed by atoms with E-state index in [1.54, 1.807) is 0 Å². The first-order valence-corrected chi connectivity index (χ1v) is 10.7. The van der Waals surface area contributed by atoms with Crippen molar-refractivity contribution in [2.45, 2.75) is 19.3 Å². The molecule has 1 saturated heterocycles. The summed E-state index contributed by atoms with van der Waals surface area (Å²) in [5, 5.41) is 4.40. The van der Waals surface area contributed by atoms with Crippen LogP contribution in [0.25, 0.3) is 21.9 Å². The van der Waals surface area contributed by atoms with E-state index in [9.17, 15) is 4.79 Å². The number of para-hydroxylation sites is 3. The number of aryl methyl sites for hydroxylation is 1. The molecule has 0 spiro atoms. The summed E-state index contributed by atoms with van der Waals surface area (Å²) in [5.41, 5.74) is 4.51. The third-order valence-electron chi connectivity index (χ3n) is 6.21. The van der Waals surface area contributed by atoms with Crippen LogP contribution in [0, 0.1) is 5.92 Å². The zero-order chi connectivity index (χ0) is 20.5. The van der Waals surface area contributed by atoms with Crippen LogP contribution in [-0.2, 0) is 18.3 Å². The van der Waals surface area contributed by atoms with E-state index in [1.165, 1.54) is 10.9 Å². The Labute approximate surface area is 175 Å². The average molecular weight is 402 g/mol. The van der Waals surface area contributed by atoms with Crippen LogP contribution >= 0.6 is 0 Å². The van der Waals surface area contributed by atoms with Crippen molar-refractivity contribution in [2.24, 2.45) is 13.0 Å². The fourth-order valence-electron chi connectivity index (χ4n) is 4.59. The molecule has 1 aliphatic heterocycles. The molecule has 1 aliphatic rings. The highest BCUT2D eigenvalue weighted by Gasteiger charge is 2.28. The number of aromatic nitrogens is 3. The highest BCUT2D eigenvalue weighted by molar-refractivity contribution is 5.83. The lowest BCUT2D eigenvalue weighted by molar-refractivity contribution is -0.125. The van der Waals surface area contributed by atoms with Crippen molar-refractivity contribution in [1.29, 1.82) is 0 Å². The standard InChI is InChI=1S/C24H27N5O/c1-28-22-11-5-4-10-21(22)27-24(28)29-14-6-7-18(16-29)23(30)25-13-12-17-15-26-20-9-3-2-8-19(17)20/h2-5,8-11,15,18,26H,6-7,12-14,16H2,1H3,(H,25,30)/t18-/m1/s1. The average Bonchev–Trinajstić information content (AvgIpc) is 3.35. The van der Waals surface area contributed by atoms with Gasteiger partial charge in [0.15, 0.2) is 0 Å². The Hall–Kier alpha value is -3.28. The molecule has 1 amide bonds. The molecule has 0 unspecified atom stereocenters. The largest absolute Gasteiger partial charge is 0.361 e. The number of hydrogen-bond donors (Lipinski definition) is 2. The summed E-state index contributed by atoms with van der Waals surface area (Å²) in [6.45, 7) is 2.32. The topological polar surface area (TPSA) is 66.0 Å². The molecular formula is C24H27N5O. The normalized spacial score (nSPS) is 17.0. The Morgan fingerprint density at radius 3 is 2.93 bits per heavy atom. The number of piperidine rings is 1. The zero-order valence-corrected chi connectivity index (χ0v) is 17.3. The first-order chi connectivity index (χ1) is 14.7. The first-order valence-electron chi connectivity index (χ1n) is 10.7. The molecule has 0 radical (unpaired) electrons. The van der Waals surface area contributed by atoms with Crippen molar-refractivity contribution in [2.75, 3.05) is 24.5 Å². The van der Waals surface area contributed by atoms with Gasteiger partial charge in [0.2, 0.25) is 11.9 Å². The molecule has 3 heterocycles. The summed E-state index contributed by atoms with van der Waals surface area (Å²) in [4.78, 5) is 23.2. The number of anilines is 1. The van der Waals surface area contributed by atoms with Crippen LogP contribution in [0.1, 0.15) is 18.4 Å². The van der Waals surface area contributed by atoms with Gasteiger partial charge in [0, 0.05) is 43.8 Å². The Balaban J connectivity index is 1.22. The maximum Gasteiger partial charge on any atom is 0.224 e. The number of rotatable bonds is 5. The lowest BCUT2D eigenvalue weighted by Crippen LogP contribution is -2.44. The van der Waals surface area contributed by atoms with Crippen molar-refractivity contribution in [1.82, 2.24) is 19.9 Å². The summed E-state index contributed by atoms with van der Waals surface area (Å²) >= 11 is 0. The van der Waals surface area contributed by atoms with Gasteiger partial charge in [-0.2, -0.15) is 0 Å². The van der Waals surface area contributed by atoms with Gasteiger partial charge in [0.25, 0.3) is 0 Å². The van der Waals surface area contributed by atoms with Crippen molar-refractivity contribution in [3.8, 4) is 0 Å². The predicted molar refractivity (Wildman–Crippen MR) is 121 cm³/mol. The second-order valence-corrected chi connectivity index (χ2v) is 8.15. The summed E-state index contributed by atoms with van der Waals surface area (Å²) in [7, 11) is 2.05. The van der Waals surface area contributed by atoms with Gasteiger partial charge in [-0.3, -0.25) is 4.79 Å². The Bertz CT molecular complexity index is 1190. The van der Waals surface area contributed by atoms with E-state index in [4.69, 9.17) is 4.98 Å². The number of benzene rings is 2. The quantitative estimate of drug-likeness (QED) is 0.537. The van der Waals surface area contributed by atoms with Gasteiger partial charge in [0.05, 0.1) is 17.0 Å². The van der Waals surface area contributed by atoms with E-state index in [1.807, 2.05) is 30.5 Å². The SMILES string of the molecule is Cn1c(N2CCC[C@@H](C(=O)NCCc3c[nH]c4ccccc34)C2)nc2ccccc21. The van der Waals surface area contributed by atoms with Crippen LogP contribution in [0.2, 0.25) is 0 Å². The number of fused-ring (bicyclic) bond motifs is 2. The Morgan fingerprint density at radius 2 is 2.03 bits per heavy atom. The summed E-state index contributed by atoms with van der Waals surface area (Å²) in [6.07, 6.45) is 4.81. The number of aromatic amines is 1.